The second kappa shape index (κ2) is 12.5. The Morgan fingerprint density at radius 1 is 1.15 bits per heavy atom. The molecule has 2 N–H and O–H groups in total. The van der Waals surface area contributed by atoms with E-state index in [1.165, 1.54) is 0 Å². The average molecular weight is 542 g/mol. The molecule has 2 amide bonds. The number of nitrogens with two attached hydrogens (primary N) is 1. The summed E-state index contributed by atoms with van der Waals surface area (Å²) in [6.45, 7) is 6.35. The number of hydrogen-bond acceptors (Lipinski definition) is 7. The maximum absolute atomic E-state index is 14.5. The van der Waals surface area contributed by atoms with Crippen LogP contribution < -0.4 is 5.73 Å². The molecule has 3 aliphatic heterocycles. The van der Waals surface area contributed by atoms with E-state index in [1.807, 2.05) is 19.1 Å². The predicted molar refractivity (Wildman–Crippen MR) is 146 cm³/mol. The Bertz CT molecular complexity index is 1050. The Labute approximate surface area is 231 Å². The van der Waals surface area contributed by atoms with Crippen LogP contribution in [0, 0.1) is 5.92 Å². The summed E-state index contributed by atoms with van der Waals surface area (Å²) in [7, 11) is 1.73. The Kier molecular flexibility index (Phi) is 9.01. The first-order valence-electron chi connectivity index (χ1n) is 14.6. The van der Waals surface area contributed by atoms with Crippen LogP contribution in [0.4, 0.5) is 0 Å². The summed E-state index contributed by atoms with van der Waals surface area (Å²) in [5, 5.41) is 0. The number of primary amides is 1. The molecule has 4 fully saturated rings. The molecule has 0 radical (unpaired) electrons. The van der Waals surface area contributed by atoms with Gasteiger partial charge in [-0.25, -0.2) is 0 Å². The molecule has 1 aromatic rings. The number of likely N-dealkylation sites (tertiary alicyclic amines) is 2. The lowest BCUT2D eigenvalue weighted by Gasteiger charge is -2.34. The maximum Gasteiger partial charge on any atom is 0.249 e. The molecule has 1 aliphatic carbocycles. The van der Waals surface area contributed by atoms with Crippen molar-refractivity contribution in [3.05, 3.63) is 34.9 Å². The highest BCUT2D eigenvalue weighted by molar-refractivity contribution is 5.99. The van der Waals surface area contributed by atoms with Crippen LogP contribution >= 0.6 is 0 Å². The van der Waals surface area contributed by atoms with Gasteiger partial charge < -0.3 is 29.7 Å². The van der Waals surface area contributed by atoms with E-state index in [1.54, 1.807) is 12.0 Å². The minimum atomic E-state index is -0.630. The van der Waals surface area contributed by atoms with Crippen LogP contribution in [0.5, 0.6) is 0 Å². The standard InChI is InChI=1S/C30H43N3O6/c1-3-38-25-17-33(27-24(34)18-39-28(25)27)30(36)26(20-6-4-5-7-20)23-16-21(8-9-22(23)29(31)35)19-10-12-32(13-11-19)14-15-37-2/h8-9,16,19-20,25-28H,3-7,10-15,17-18H2,1-2H3,(H2,31,35)/t25-,26-,27+,28+/m0/s1. The number of ketones is 1. The predicted octanol–water partition coefficient (Wildman–Crippen LogP) is 2.47. The van der Waals surface area contributed by atoms with E-state index >= 15 is 0 Å². The zero-order chi connectivity index (χ0) is 27.5. The minimum absolute atomic E-state index is 0.00187. The van der Waals surface area contributed by atoms with Crippen LogP contribution in [0.25, 0.3) is 0 Å². The number of piperidine rings is 1. The molecule has 214 valence electrons. The lowest BCUT2D eigenvalue weighted by Crippen LogP contribution is -2.45. The molecular formula is C30H43N3O6. The topological polar surface area (TPSA) is 111 Å². The lowest BCUT2D eigenvalue weighted by molar-refractivity contribution is -0.139. The second-order valence-corrected chi connectivity index (χ2v) is 11.5. The molecule has 0 aromatic heterocycles. The van der Waals surface area contributed by atoms with Crippen molar-refractivity contribution in [3.8, 4) is 0 Å². The highest BCUT2D eigenvalue weighted by atomic mass is 16.6. The summed E-state index contributed by atoms with van der Waals surface area (Å²) in [6, 6.07) is 5.28. The number of carbonyl (C=O) groups excluding carboxylic acids is 3. The van der Waals surface area contributed by atoms with Crippen molar-refractivity contribution >= 4 is 17.6 Å². The number of amides is 2. The highest BCUT2D eigenvalue weighted by Crippen LogP contribution is 2.43. The number of hydrogen-bond donors (Lipinski definition) is 1. The van der Waals surface area contributed by atoms with E-state index in [9.17, 15) is 14.4 Å². The van der Waals surface area contributed by atoms with Gasteiger partial charge in [-0.15, -0.1) is 0 Å². The summed E-state index contributed by atoms with van der Waals surface area (Å²) < 4.78 is 16.9. The van der Waals surface area contributed by atoms with Gasteiger partial charge in [0.05, 0.1) is 19.1 Å². The van der Waals surface area contributed by atoms with Crippen molar-refractivity contribution in [1.82, 2.24) is 9.80 Å². The summed E-state index contributed by atoms with van der Waals surface area (Å²) in [5.74, 6) is -0.771. The molecule has 3 heterocycles. The fraction of sp³-hybridized carbons (Fsp3) is 0.700. The average Bonchev–Trinajstić information content (AvgIpc) is 3.68. The van der Waals surface area contributed by atoms with Crippen LogP contribution in [-0.2, 0) is 23.8 Å². The highest BCUT2D eigenvalue weighted by Gasteiger charge is 2.54. The third-order valence-electron chi connectivity index (χ3n) is 9.29. The quantitative estimate of drug-likeness (QED) is 0.484. The van der Waals surface area contributed by atoms with E-state index in [0.29, 0.717) is 24.6 Å². The van der Waals surface area contributed by atoms with Crippen LogP contribution in [0.3, 0.4) is 0 Å². The minimum Gasteiger partial charge on any atom is -0.383 e. The summed E-state index contributed by atoms with van der Waals surface area (Å²) in [5.41, 5.74) is 8.18. The van der Waals surface area contributed by atoms with E-state index in [2.05, 4.69) is 11.0 Å². The van der Waals surface area contributed by atoms with Crippen molar-refractivity contribution in [2.75, 3.05) is 53.1 Å². The van der Waals surface area contributed by atoms with E-state index in [-0.39, 0.29) is 30.3 Å². The van der Waals surface area contributed by atoms with Crippen molar-refractivity contribution < 1.29 is 28.6 Å². The normalized spacial score (nSPS) is 27.3. The fourth-order valence-corrected chi connectivity index (χ4v) is 7.29. The molecule has 39 heavy (non-hydrogen) atoms. The number of carbonyl (C=O) groups is 3. The van der Waals surface area contributed by atoms with Gasteiger partial charge in [0.15, 0.2) is 5.78 Å². The zero-order valence-corrected chi connectivity index (χ0v) is 23.3. The molecule has 1 saturated carbocycles. The van der Waals surface area contributed by atoms with Gasteiger partial charge in [0, 0.05) is 25.8 Å². The van der Waals surface area contributed by atoms with Crippen LogP contribution in [-0.4, -0.2) is 98.8 Å². The van der Waals surface area contributed by atoms with Gasteiger partial charge >= 0.3 is 0 Å². The molecule has 0 unspecified atom stereocenters. The van der Waals surface area contributed by atoms with Gasteiger partial charge in [-0.05, 0) is 74.7 Å². The summed E-state index contributed by atoms with van der Waals surface area (Å²) in [4.78, 5) is 44.1. The monoisotopic (exact) mass is 541 g/mol. The van der Waals surface area contributed by atoms with E-state index in [0.717, 1.165) is 75.9 Å². The number of benzene rings is 1. The first kappa shape index (κ1) is 28.2. The van der Waals surface area contributed by atoms with Gasteiger partial charge in [0.1, 0.15) is 24.9 Å². The number of Topliss-reactive ketones (excluding diaryl/α,β-unsaturated/α-hetero) is 1. The van der Waals surface area contributed by atoms with Gasteiger partial charge in [0.2, 0.25) is 11.8 Å². The molecule has 0 bridgehead atoms. The molecule has 4 aliphatic rings. The van der Waals surface area contributed by atoms with Gasteiger partial charge in [-0.1, -0.05) is 25.0 Å². The van der Waals surface area contributed by atoms with Crippen molar-refractivity contribution in [1.29, 1.82) is 0 Å². The van der Waals surface area contributed by atoms with Crippen LogP contribution in [0.15, 0.2) is 18.2 Å². The first-order valence-corrected chi connectivity index (χ1v) is 14.6. The second-order valence-electron chi connectivity index (χ2n) is 11.5. The fourth-order valence-electron chi connectivity index (χ4n) is 7.29. The molecule has 5 rings (SSSR count). The molecule has 1 aromatic carbocycles. The number of ether oxygens (including phenoxy) is 3. The van der Waals surface area contributed by atoms with Crippen LogP contribution in [0.1, 0.15) is 78.8 Å². The first-order chi connectivity index (χ1) is 18.9. The zero-order valence-electron chi connectivity index (χ0n) is 23.3. The Balaban J connectivity index is 1.46. The van der Waals surface area contributed by atoms with Gasteiger partial charge in [0.25, 0.3) is 0 Å². The smallest absolute Gasteiger partial charge is 0.249 e. The van der Waals surface area contributed by atoms with Gasteiger partial charge in [-0.2, -0.15) is 0 Å². The molecule has 9 heteroatoms. The van der Waals surface area contributed by atoms with E-state index in [4.69, 9.17) is 19.9 Å². The SMILES string of the molecule is CCO[C@H]1CN(C(=O)[C@H](c2cc(C3CCN(CCOC)CC3)ccc2C(N)=O)C2CCCC2)[C@@H]2C(=O)CO[C@H]12. The molecule has 4 atom stereocenters. The largest absolute Gasteiger partial charge is 0.383 e. The lowest BCUT2D eigenvalue weighted by atomic mass is 9.78. The van der Waals surface area contributed by atoms with Crippen molar-refractivity contribution in [2.24, 2.45) is 11.7 Å². The molecule has 0 spiro atoms. The summed E-state index contributed by atoms with van der Waals surface area (Å²) >= 11 is 0. The molecular weight excluding hydrogens is 498 g/mol. The van der Waals surface area contributed by atoms with Crippen molar-refractivity contribution in [2.45, 2.75) is 75.5 Å². The number of rotatable bonds is 10. The Morgan fingerprint density at radius 2 is 1.90 bits per heavy atom. The van der Waals surface area contributed by atoms with Crippen LogP contribution in [0.2, 0.25) is 0 Å². The number of methoxy groups -OCH3 is 1. The Hall–Kier alpha value is -2.33. The third kappa shape index (κ3) is 5.78. The van der Waals surface area contributed by atoms with E-state index < -0.39 is 24.0 Å². The molecule has 9 nitrogen and oxygen atoms in total. The third-order valence-corrected chi connectivity index (χ3v) is 9.29. The van der Waals surface area contributed by atoms with Gasteiger partial charge in [-0.3, -0.25) is 14.4 Å². The Morgan fingerprint density at radius 3 is 2.56 bits per heavy atom. The molecule has 3 saturated heterocycles. The number of nitrogens with zero attached hydrogens (tertiary/aromatic N) is 2. The van der Waals surface area contributed by atoms with Crippen molar-refractivity contribution in [3.63, 3.8) is 0 Å². The summed E-state index contributed by atoms with van der Waals surface area (Å²) in [6.07, 6.45) is 5.19. The number of fused-ring (bicyclic) bond motifs is 1. The maximum atomic E-state index is 14.5.